The van der Waals surface area contributed by atoms with Crippen molar-refractivity contribution in [3.63, 3.8) is 0 Å². The van der Waals surface area contributed by atoms with Crippen LogP contribution in [0, 0.1) is 0 Å². The average molecular weight is 932 g/mol. The van der Waals surface area contributed by atoms with Gasteiger partial charge in [0.2, 0.25) is 0 Å². The SMILES string of the molecule is C1=CC(c2ccc3c4c(cccc24)-c2ccccc2O3)C(N(c2ccc(-c3ccc(-c4ccccc4)c(-c4ccccc4)c3)cc2)c2cccc(C3(c4ccccc4)c4ccccc4-c4ccccc43)c2)C=C1. The molecule has 2 aliphatic carbocycles. The third-order valence-electron chi connectivity index (χ3n) is 15.6. The minimum Gasteiger partial charge on any atom is -0.456 e. The summed E-state index contributed by atoms with van der Waals surface area (Å²) in [7, 11) is 0. The van der Waals surface area contributed by atoms with Gasteiger partial charge >= 0.3 is 0 Å². The Kier molecular flexibility index (Phi) is 10.3. The van der Waals surface area contributed by atoms with E-state index < -0.39 is 5.41 Å². The van der Waals surface area contributed by atoms with Gasteiger partial charge in [0.1, 0.15) is 11.5 Å². The maximum Gasteiger partial charge on any atom is 0.135 e. The van der Waals surface area contributed by atoms with Crippen LogP contribution in [-0.2, 0) is 5.41 Å². The Hall–Kier alpha value is -9.24. The van der Waals surface area contributed by atoms with E-state index in [0.29, 0.717) is 0 Å². The molecular weight excluding hydrogens is 883 g/mol. The molecule has 2 atom stereocenters. The monoisotopic (exact) mass is 931 g/mol. The molecule has 14 rings (SSSR count). The standard InChI is InChI=1S/C71H49NO/c1-4-20-49(21-5-1)56-43-40-51(46-64(56)50-22-6-2-7-23-50)48-38-41-54(42-39-48)72(67-36-16-12-30-60(67)57-44-45-69-70-62(57)32-19-33-63(70)61-31-13-17-37-68(61)73-69)55-27-18-26-53(47-55)71(52-24-8-3-9-25-52)65-34-14-10-28-58(65)59-29-11-15-35-66(59)71/h1-47,60,67H. The van der Waals surface area contributed by atoms with Gasteiger partial charge in [-0.2, -0.15) is 0 Å². The molecule has 3 aliphatic rings. The van der Waals surface area contributed by atoms with Crippen molar-refractivity contribution in [2.45, 2.75) is 17.4 Å². The van der Waals surface area contributed by atoms with E-state index in [2.05, 4.69) is 284 Å². The van der Waals surface area contributed by atoms with Gasteiger partial charge < -0.3 is 9.64 Å². The van der Waals surface area contributed by atoms with Gasteiger partial charge in [0, 0.05) is 28.2 Å². The van der Waals surface area contributed by atoms with Crippen LogP contribution in [-0.4, -0.2) is 6.04 Å². The normalized spacial score (nSPS) is 15.5. The molecule has 2 unspecified atom stereocenters. The number of rotatable bonds is 9. The van der Waals surface area contributed by atoms with Gasteiger partial charge in [-0.05, 0) is 126 Å². The third-order valence-corrected chi connectivity index (χ3v) is 15.6. The lowest BCUT2D eigenvalue weighted by atomic mass is 9.67. The summed E-state index contributed by atoms with van der Waals surface area (Å²) in [5.74, 6) is 1.78. The summed E-state index contributed by atoms with van der Waals surface area (Å²) < 4.78 is 6.63. The number of fused-ring (bicyclic) bond motifs is 5. The molecule has 1 heterocycles. The molecule has 2 heteroatoms. The van der Waals surface area contributed by atoms with E-state index in [1.165, 1.54) is 77.7 Å². The summed E-state index contributed by atoms with van der Waals surface area (Å²) in [6.45, 7) is 0. The molecule has 11 aromatic carbocycles. The zero-order valence-corrected chi connectivity index (χ0v) is 40.1. The first kappa shape index (κ1) is 42.6. The van der Waals surface area contributed by atoms with Crippen LogP contribution in [0.4, 0.5) is 11.4 Å². The molecule has 2 nitrogen and oxygen atoms in total. The van der Waals surface area contributed by atoms with Gasteiger partial charge in [0.25, 0.3) is 0 Å². The number of hydrogen-bond donors (Lipinski definition) is 0. The highest BCUT2D eigenvalue weighted by molar-refractivity contribution is 6.06. The average Bonchev–Trinajstić information content (AvgIpc) is 3.80. The van der Waals surface area contributed by atoms with Crippen molar-refractivity contribution < 1.29 is 4.74 Å². The highest BCUT2D eigenvalue weighted by atomic mass is 16.5. The van der Waals surface area contributed by atoms with Gasteiger partial charge in [-0.1, -0.05) is 243 Å². The van der Waals surface area contributed by atoms with Crippen molar-refractivity contribution in [3.05, 3.63) is 313 Å². The lowest BCUT2D eigenvalue weighted by molar-refractivity contribution is 0.486. The predicted molar refractivity (Wildman–Crippen MR) is 303 cm³/mol. The molecule has 0 amide bonds. The molecule has 0 N–H and O–H groups in total. The second-order valence-corrected chi connectivity index (χ2v) is 19.4. The van der Waals surface area contributed by atoms with Crippen molar-refractivity contribution >= 4 is 22.1 Å². The van der Waals surface area contributed by atoms with E-state index in [1.807, 2.05) is 6.07 Å². The van der Waals surface area contributed by atoms with Crippen LogP contribution >= 0.6 is 0 Å². The minimum atomic E-state index is -0.545. The molecule has 0 saturated heterocycles. The maximum atomic E-state index is 6.63. The Morgan fingerprint density at radius 2 is 0.932 bits per heavy atom. The summed E-state index contributed by atoms with van der Waals surface area (Å²) in [4.78, 5) is 2.58. The van der Waals surface area contributed by atoms with Gasteiger partial charge in [-0.3, -0.25) is 0 Å². The summed E-state index contributed by atoms with van der Waals surface area (Å²) in [5.41, 5.74) is 20.1. The number of nitrogens with zero attached hydrogens (tertiary/aromatic N) is 1. The zero-order chi connectivity index (χ0) is 48.3. The maximum absolute atomic E-state index is 6.63. The van der Waals surface area contributed by atoms with Crippen molar-refractivity contribution in [1.82, 2.24) is 0 Å². The quantitative estimate of drug-likeness (QED) is 0.143. The third kappa shape index (κ3) is 6.94. The molecule has 344 valence electrons. The fourth-order valence-corrected chi connectivity index (χ4v) is 12.4. The van der Waals surface area contributed by atoms with Crippen molar-refractivity contribution in [2.24, 2.45) is 0 Å². The molecule has 1 aliphatic heterocycles. The summed E-state index contributed by atoms with van der Waals surface area (Å²) >= 11 is 0. The van der Waals surface area contributed by atoms with Gasteiger partial charge in [-0.25, -0.2) is 0 Å². The summed E-state index contributed by atoms with van der Waals surface area (Å²) in [5, 5.41) is 2.37. The highest BCUT2D eigenvalue weighted by Crippen LogP contribution is 2.57. The number of hydrogen-bond acceptors (Lipinski definition) is 2. The van der Waals surface area contributed by atoms with Crippen LogP contribution in [0.3, 0.4) is 0 Å². The van der Waals surface area contributed by atoms with Crippen LogP contribution in [0.25, 0.3) is 66.4 Å². The largest absolute Gasteiger partial charge is 0.456 e. The number of benzene rings is 11. The number of allylic oxidation sites excluding steroid dienone is 2. The molecular formula is C71H49NO. The minimum absolute atomic E-state index is 0.00946. The Balaban J connectivity index is 0.948. The molecule has 0 fully saturated rings. The van der Waals surface area contributed by atoms with Crippen molar-refractivity contribution in [2.75, 3.05) is 4.90 Å². The van der Waals surface area contributed by atoms with Crippen LogP contribution in [0.5, 0.6) is 11.5 Å². The van der Waals surface area contributed by atoms with E-state index >= 15 is 0 Å². The summed E-state index contributed by atoms with van der Waals surface area (Å²) in [6.07, 6.45) is 9.24. The van der Waals surface area contributed by atoms with E-state index in [0.717, 1.165) is 39.4 Å². The lowest BCUT2D eigenvalue weighted by Crippen LogP contribution is -2.36. The Bertz CT molecular complexity index is 3900. The topological polar surface area (TPSA) is 12.5 Å². The Morgan fingerprint density at radius 3 is 1.67 bits per heavy atom. The molecule has 0 aromatic heterocycles. The van der Waals surface area contributed by atoms with Crippen LogP contribution < -0.4 is 9.64 Å². The zero-order valence-electron chi connectivity index (χ0n) is 40.1. The van der Waals surface area contributed by atoms with Gasteiger partial charge in [-0.15, -0.1) is 0 Å². The number of ether oxygens (including phenoxy) is 1. The van der Waals surface area contributed by atoms with E-state index in [1.54, 1.807) is 0 Å². The predicted octanol–water partition coefficient (Wildman–Crippen LogP) is 18.4. The van der Waals surface area contributed by atoms with Crippen LogP contribution in [0.2, 0.25) is 0 Å². The molecule has 11 aromatic rings. The van der Waals surface area contributed by atoms with Crippen molar-refractivity contribution in [1.29, 1.82) is 0 Å². The van der Waals surface area contributed by atoms with E-state index in [4.69, 9.17) is 4.74 Å². The van der Waals surface area contributed by atoms with Crippen LogP contribution in [0.1, 0.15) is 33.7 Å². The van der Waals surface area contributed by atoms with Crippen molar-refractivity contribution in [3.8, 4) is 67.1 Å². The smallest absolute Gasteiger partial charge is 0.135 e. The lowest BCUT2D eigenvalue weighted by Gasteiger charge is -2.39. The first-order valence-corrected chi connectivity index (χ1v) is 25.4. The Labute approximate surface area is 427 Å². The molecule has 0 saturated carbocycles. The first-order chi connectivity index (χ1) is 36.2. The Morgan fingerprint density at radius 1 is 0.342 bits per heavy atom. The van der Waals surface area contributed by atoms with E-state index in [-0.39, 0.29) is 12.0 Å². The highest BCUT2D eigenvalue weighted by Gasteiger charge is 2.46. The van der Waals surface area contributed by atoms with Crippen LogP contribution in [0.15, 0.2) is 285 Å². The van der Waals surface area contributed by atoms with Gasteiger partial charge in [0.05, 0.1) is 11.5 Å². The number of para-hydroxylation sites is 1. The molecule has 0 radical (unpaired) electrons. The fourth-order valence-electron chi connectivity index (χ4n) is 12.4. The second-order valence-electron chi connectivity index (χ2n) is 19.4. The molecule has 0 spiro atoms. The first-order valence-electron chi connectivity index (χ1n) is 25.4. The van der Waals surface area contributed by atoms with E-state index in [9.17, 15) is 0 Å². The molecule has 0 bridgehead atoms. The molecule has 73 heavy (non-hydrogen) atoms. The second kappa shape index (κ2) is 17.6. The van der Waals surface area contributed by atoms with Gasteiger partial charge in [0.15, 0.2) is 0 Å². The number of anilines is 2. The summed E-state index contributed by atoms with van der Waals surface area (Å²) in [6, 6.07) is 95.7. The fraction of sp³-hybridized carbons (Fsp3) is 0.0423.